The van der Waals surface area contributed by atoms with Crippen LogP contribution in [0, 0.1) is 0 Å². The maximum absolute atomic E-state index is 6.23. The molecule has 3 rings (SSSR count). The Bertz CT molecular complexity index is 409. The summed E-state index contributed by atoms with van der Waals surface area (Å²) in [6.07, 6.45) is 7.76. The predicted octanol–water partition coefficient (Wildman–Crippen LogP) is 4.30. The normalized spacial score (nSPS) is 25.0. The second-order valence-corrected chi connectivity index (χ2v) is 6.02. The van der Waals surface area contributed by atoms with Crippen LogP contribution in [0.2, 0.25) is 0 Å². The Hall–Kier alpha value is -0.730. The molecule has 1 spiro atoms. The van der Waals surface area contributed by atoms with E-state index in [4.69, 9.17) is 21.1 Å². The van der Waals surface area contributed by atoms with E-state index < -0.39 is 0 Å². The molecule has 1 aliphatic carbocycles. The number of alkyl halides is 1. The van der Waals surface area contributed by atoms with Gasteiger partial charge in [0, 0.05) is 5.88 Å². The minimum absolute atomic E-state index is 0.205. The Kier molecular flexibility index (Phi) is 3.99. The molecule has 104 valence electrons. The maximum Gasteiger partial charge on any atom is 0.119 e. The summed E-state index contributed by atoms with van der Waals surface area (Å²) < 4.78 is 12.1. The number of halogens is 1. The van der Waals surface area contributed by atoms with Crippen molar-refractivity contribution in [2.24, 2.45) is 0 Å². The number of hydrogen-bond acceptors (Lipinski definition) is 2. The van der Waals surface area contributed by atoms with Crippen molar-refractivity contribution in [3.63, 3.8) is 0 Å². The molecule has 1 unspecified atom stereocenters. The number of ether oxygens (including phenoxy) is 2. The molecule has 1 aromatic rings. The fourth-order valence-corrected chi connectivity index (χ4v) is 3.44. The largest absolute Gasteiger partial charge is 0.491 e. The molecule has 1 aromatic carbocycles. The monoisotopic (exact) mass is 280 g/mol. The Morgan fingerprint density at radius 2 is 1.89 bits per heavy atom. The summed E-state index contributed by atoms with van der Waals surface area (Å²) in [6.45, 7) is 0.669. The zero-order chi connectivity index (χ0) is 13.1. The first-order valence-electron chi connectivity index (χ1n) is 7.25. The highest BCUT2D eigenvalue weighted by Crippen LogP contribution is 2.43. The second-order valence-electron chi connectivity index (χ2n) is 5.76. The minimum atomic E-state index is 0.205. The Morgan fingerprint density at radius 3 is 2.58 bits per heavy atom. The molecule has 0 N–H and O–H groups in total. The topological polar surface area (TPSA) is 18.5 Å². The fraction of sp³-hybridized carbons (Fsp3) is 0.625. The lowest BCUT2D eigenvalue weighted by atomic mass is 9.98. The summed E-state index contributed by atoms with van der Waals surface area (Å²) in [7, 11) is 0. The molecule has 1 saturated carbocycles. The molecule has 1 heterocycles. The van der Waals surface area contributed by atoms with Gasteiger partial charge < -0.3 is 9.47 Å². The first kappa shape index (κ1) is 13.3. The summed E-state index contributed by atoms with van der Waals surface area (Å²) in [5.41, 5.74) is 1.33. The van der Waals surface area contributed by atoms with Gasteiger partial charge in [-0.15, -0.1) is 11.6 Å². The SMILES string of the molecule is ClCc1ccc(OCC2CCC3(CCCC3)O2)cc1. The molecule has 0 bridgehead atoms. The molecule has 19 heavy (non-hydrogen) atoms. The van der Waals surface area contributed by atoms with Gasteiger partial charge in [-0.1, -0.05) is 25.0 Å². The Labute approximate surface area is 120 Å². The molecule has 1 saturated heterocycles. The van der Waals surface area contributed by atoms with Crippen molar-refractivity contribution in [2.75, 3.05) is 6.61 Å². The fourth-order valence-electron chi connectivity index (χ4n) is 3.26. The van der Waals surface area contributed by atoms with Crippen LogP contribution in [0.4, 0.5) is 0 Å². The molecule has 1 atom stereocenters. The van der Waals surface area contributed by atoms with Crippen molar-refractivity contribution in [3.05, 3.63) is 29.8 Å². The lowest BCUT2D eigenvalue weighted by Crippen LogP contribution is -2.27. The van der Waals surface area contributed by atoms with Gasteiger partial charge >= 0.3 is 0 Å². The van der Waals surface area contributed by atoms with Crippen molar-refractivity contribution in [1.29, 1.82) is 0 Å². The van der Waals surface area contributed by atoms with Crippen molar-refractivity contribution in [2.45, 2.75) is 56.1 Å². The van der Waals surface area contributed by atoms with E-state index in [0.29, 0.717) is 12.5 Å². The molecular weight excluding hydrogens is 260 g/mol. The van der Waals surface area contributed by atoms with Crippen LogP contribution >= 0.6 is 11.6 Å². The predicted molar refractivity (Wildman–Crippen MR) is 76.8 cm³/mol. The van der Waals surface area contributed by atoms with Crippen molar-refractivity contribution >= 4 is 11.6 Å². The Morgan fingerprint density at radius 1 is 1.16 bits per heavy atom. The molecule has 2 fully saturated rings. The van der Waals surface area contributed by atoms with Crippen molar-refractivity contribution in [1.82, 2.24) is 0 Å². The van der Waals surface area contributed by atoms with E-state index in [1.807, 2.05) is 24.3 Å². The number of hydrogen-bond donors (Lipinski definition) is 0. The molecule has 3 heteroatoms. The average molecular weight is 281 g/mol. The van der Waals surface area contributed by atoms with Crippen molar-refractivity contribution in [3.8, 4) is 5.75 Å². The van der Waals surface area contributed by atoms with Gasteiger partial charge in [0.05, 0.1) is 11.7 Å². The summed E-state index contributed by atoms with van der Waals surface area (Å²) >= 11 is 5.77. The van der Waals surface area contributed by atoms with Gasteiger partial charge in [0.2, 0.25) is 0 Å². The average Bonchev–Trinajstić information content (AvgIpc) is 3.08. The van der Waals surface area contributed by atoms with Crippen LogP contribution in [0.5, 0.6) is 5.75 Å². The molecule has 2 aliphatic rings. The summed E-state index contributed by atoms with van der Waals surface area (Å²) in [6, 6.07) is 7.99. The smallest absolute Gasteiger partial charge is 0.119 e. The van der Waals surface area contributed by atoms with Gasteiger partial charge in [0.15, 0.2) is 0 Å². The van der Waals surface area contributed by atoms with E-state index in [2.05, 4.69) is 0 Å². The van der Waals surface area contributed by atoms with Crippen LogP contribution in [0.15, 0.2) is 24.3 Å². The third-order valence-electron chi connectivity index (χ3n) is 4.37. The second kappa shape index (κ2) is 5.72. The highest BCUT2D eigenvalue weighted by molar-refractivity contribution is 6.17. The van der Waals surface area contributed by atoms with Crippen LogP contribution in [-0.2, 0) is 10.6 Å². The zero-order valence-electron chi connectivity index (χ0n) is 11.2. The molecular formula is C16H21ClO2. The summed E-state index contributed by atoms with van der Waals surface area (Å²) in [5, 5.41) is 0. The van der Waals surface area contributed by atoms with Gasteiger partial charge in [-0.3, -0.25) is 0 Å². The number of benzene rings is 1. The van der Waals surface area contributed by atoms with E-state index in [-0.39, 0.29) is 11.7 Å². The van der Waals surface area contributed by atoms with E-state index >= 15 is 0 Å². The van der Waals surface area contributed by atoms with Crippen LogP contribution < -0.4 is 4.74 Å². The molecule has 0 radical (unpaired) electrons. The first-order valence-corrected chi connectivity index (χ1v) is 7.79. The highest BCUT2D eigenvalue weighted by Gasteiger charge is 2.42. The van der Waals surface area contributed by atoms with E-state index in [9.17, 15) is 0 Å². The van der Waals surface area contributed by atoms with E-state index in [0.717, 1.165) is 17.7 Å². The van der Waals surface area contributed by atoms with E-state index in [1.54, 1.807) is 0 Å². The van der Waals surface area contributed by atoms with Gasteiger partial charge in [0.25, 0.3) is 0 Å². The first-order chi connectivity index (χ1) is 9.30. The lowest BCUT2D eigenvalue weighted by Gasteiger charge is -2.23. The Balaban J connectivity index is 1.49. The number of rotatable bonds is 4. The zero-order valence-corrected chi connectivity index (χ0v) is 12.0. The summed E-state index contributed by atoms with van der Waals surface area (Å²) in [4.78, 5) is 0. The van der Waals surface area contributed by atoms with Crippen LogP contribution in [0.1, 0.15) is 44.1 Å². The lowest BCUT2D eigenvalue weighted by molar-refractivity contribution is -0.0508. The maximum atomic E-state index is 6.23. The highest BCUT2D eigenvalue weighted by atomic mass is 35.5. The van der Waals surface area contributed by atoms with Crippen LogP contribution in [-0.4, -0.2) is 18.3 Å². The van der Waals surface area contributed by atoms with E-state index in [1.165, 1.54) is 32.1 Å². The third-order valence-corrected chi connectivity index (χ3v) is 4.68. The van der Waals surface area contributed by atoms with Gasteiger partial charge in [-0.25, -0.2) is 0 Å². The van der Waals surface area contributed by atoms with Gasteiger partial charge in [0.1, 0.15) is 12.4 Å². The molecule has 2 nitrogen and oxygen atoms in total. The third kappa shape index (κ3) is 3.06. The summed E-state index contributed by atoms with van der Waals surface area (Å²) in [5.74, 6) is 1.46. The van der Waals surface area contributed by atoms with Crippen molar-refractivity contribution < 1.29 is 9.47 Å². The van der Waals surface area contributed by atoms with Crippen LogP contribution in [0.25, 0.3) is 0 Å². The molecule has 1 aliphatic heterocycles. The van der Waals surface area contributed by atoms with Gasteiger partial charge in [-0.05, 0) is 43.4 Å². The minimum Gasteiger partial charge on any atom is -0.491 e. The molecule has 0 amide bonds. The quantitative estimate of drug-likeness (QED) is 0.766. The molecule has 0 aromatic heterocycles. The standard InChI is InChI=1S/C16H21ClO2/c17-11-13-3-5-14(6-4-13)18-12-15-7-10-16(19-15)8-1-2-9-16/h3-6,15H,1-2,7-12H2. The van der Waals surface area contributed by atoms with Crippen LogP contribution in [0.3, 0.4) is 0 Å². The van der Waals surface area contributed by atoms with Gasteiger partial charge in [-0.2, -0.15) is 0 Å².